The molecule has 136 valence electrons. The van der Waals surface area contributed by atoms with Gasteiger partial charge in [-0.25, -0.2) is 0 Å². The third kappa shape index (κ3) is 3.19. The molecule has 0 unspecified atom stereocenters. The zero-order chi connectivity index (χ0) is 18.8. The fraction of sp³-hybridized carbons (Fsp3) is 0.200. The molecular weight excluding hydrogens is 342 g/mol. The SMILES string of the molecule is Cn1c(=O)cc(C(=O)NCCCc2nnc3ccccn23)c2ccccc21. The van der Waals surface area contributed by atoms with Crippen molar-refractivity contribution in [2.24, 2.45) is 7.05 Å². The minimum absolute atomic E-state index is 0.200. The molecule has 1 aromatic carbocycles. The summed E-state index contributed by atoms with van der Waals surface area (Å²) in [4.78, 5) is 24.7. The predicted octanol–water partition coefficient (Wildman–Crippen LogP) is 1.94. The standard InChI is InChI=1S/C20H19N5O2/c1-24-16-8-3-2-7-14(16)15(13-19(24)26)20(27)21-11-6-10-18-23-22-17-9-4-5-12-25(17)18/h2-5,7-9,12-13H,6,10-11H2,1H3,(H,21,27). The number of rotatable bonds is 5. The molecule has 0 bridgehead atoms. The molecule has 0 radical (unpaired) electrons. The highest BCUT2D eigenvalue weighted by Gasteiger charge is 2.13. The number of hydrogen-bond donors (Lipinski definition) is 1. The van der Waals surface area contributed by atoms with Crippen LogP contribution in [0.15, 0.2) is 59.5 Å². The molecule has 7 nitrogen and oxygen atoms in total. The van der Waals surface area contributed by atoms with Gasteiger partial charge in [-0.15, -0.1) is 10.2 Å². The summed E-state index contributed by atoms with van der Waals surface area (Å²) in [6.07, 6.45) is 3.35. The van der Waals surface area contributed by atoms with Gasteiger partial charge in [-0.05, 0) is 24.6 Å². The molecule has 1 N–H and O–H groups in total. The highest BCUT2D eigenvalue weighted by molar-refractivity contribution is 6.06. The topological polar surface area (TPSA) is 81.3 Å². The summed E-state index contributed by atoms with van der Waals surface area (Å²) in [5, 5.41) is 12.0. The van der Waals surface area contributed by atoms with Crippen LogP contribution >= 0.6 is 0 Å². The van der Waals surface area contributed by atoms with Crippen LogP contribution in [0.5, 0.6) is 0 Å². The van der Waals surface area contributed by atoms with Crippen molar-refractivity contribution in [1.82, 2.24) is 24.5 Å². The normalized spacial score (nSPS) is 11.1. The molecule has 0 aliphatic heterocycles. The van der Waals surface area contributed by atoms with E-state index in [2.05, 4.69) is 15.5 Å². The summed E-state index contributed by atoms with van der Waals surface area (Å²) in [5.74, 6) is 0.619. The van der Waals surface area contributed by atoms with Crippen LogP contribution in [0.4, 0.5) is 0 Å². The number of carbonyl (C=O) groups is 1. The van der Waals surface area contributed by atoms with Gasteiger partial charge in [0.1, 0.15) is 5.82 Å². The first-order valence-corrected chi connectivity index (χ1v) is 8.81. The van der Waals surface area contributed by atoms with Gasteiger partial charge in [0.25, 0.3) is 11.5 Å². The average Bonchev–Trinajstić information content (AvgIpc) is 3.11. The number of aromatic nitrogens is 4. The maximum absolute atomic E-state index is 12.6. The molecule has 0 aliphatic rings. The van der Waals surface area contributed by atoms with Crippen LogP contribution in [0.2, 0.25) is 0 Å². The molecule has 0 saturated heterocycles. The van der Waals surface area contributed by atoms with Crippen LogP contribution < -0.4 is 10.9 Å². The van der Waals surface area contributed by atoms with Crippen molar-refractivity contribution in [3.63, 3.8) is 0 Å². The molecule has 0 atom stereocenters. The summed E-state index contributed by atoms with van der Waals surface area (Å²) in [7, 11) is 1.70. The van der Waals surface area contributed by atoms with E-state index in [0.29, 0.717) is 18.5 Å². The van der Waals surface area contributed by atoms with Crippen LogP contribution in [0.25, 0.3) is 16.6 Å². The number of pyridine rings is 2. The number of nitrogens with one attached hydrogen (secondary N) is 1. The number of benzene rings is 1. The van der Waals surface area contributed by atoms with Gasteiger partial charge in [-0.3, -0.25) is 14.0 Å². The van der Waals surface area contributed by atoms with Gasteiger partial charge in [0.05, 0.1) is 11.1 Å². The van der Waals surface area contributed by atoms with Gasteiger partial charge in [0, 0.05) is 37.7 Å². The third-order valence-corrected chi connectivity index (χ3v) is 4.65. The van der Waals surface area contributed by atoms with Gasteiger partial charge >= 0.3 is 0 Å². The lowest BCUT2D eigenvalue weighted by Crippen LogP contribution is -2.28. The monoisotopic (exact) mass is 361 g/mol. The number of carbonyl (C=O) groups excluding carboxylic acids is 1. The van der Waals surface area contributed by atoms with Crippen molar-refractivity contribution >= 4 is 22.5 Å². The van der Waals surface area contributed by atoms with Crippen molar-refractivity contribution in [3.8, 4) is 0 Å². The molecule has 7 heteroatoms. The Morgan fingerprint density at radius 3 is 2.81 bits per heavy atom. The smallest absolute Gasteiger partial charge is 0.252 e. The Morgan fingerprint density at radius 1 is 1.11 bits per heavy atom. The van der Waals surface area contributed by atoms with Crippen LogP contribution in [0, 0.1) is 0 Å². The number of nitrogens with zero attached hydrogens (tertiary/aromatic N) is 4. The summed E-state index contributed by atoms with van der Waals surface area (Å²) >= 11 is 0. The van der Waals surface area contributed by atoms with E-state index in [4.69, 9.17) is 0 Å². The minimum atomic E-state index is -0.241. The van der Waals surface area contributed by atoms with Crippen molar-refractivity contribution in [3.05, 3.63) is 76.5 Å². The first kappa shape index (κ1) is 17.0. The third-order valence-electron chi connectivity index (χ3n) is 4.65. The Bertz CT molecular complexity index is 1190. The molecule has 0 aliphatic carbocycles. The van der Waals surface area contributed by atoms with Gasteiger partial charge in [-0.2, -0.15) is 0 Å². The van der Waals surface area contributed by atoms with Crippen LogP contribution in [0.1, 0.15) is 22.6 Å². The zero-order valence-electron chi connectivity index (χ0n) is 14.9. The molecule has 3 heterocycles. The van der Waals surface area contributed by atoms with E-state index in [1.807, 2.05) is 53.1 Å². The second-order valence-electron chi connectivity index (χ2n) is 6.38. The maximum Gasteiger partial charge on any atom is 0.252 e. The summed E-state index contributed by atoms with van der Waals surface area (Å²) in [5.41, 5.74) is 1.75. The summed E-state index contributed by atoms with van der Waals surface area (Å²) < 4.78 is 3.48. The lowest BCUT2D eigenvalue weighted by Gasteiger charge is -2.10. The molecule has 1 amide bonds. The molecule has 0 fully saturated rings. The highest BCUT2D eigenvalue weighted by Crippen LogP contribution is 2.16. The molecule has 4 aromatic rings. The van der Waals surface area contributed by atoms with E-state index in [1.54, 1.807) is 11.6 Å². The average molecular weight is 361 g/mol. The fourth-order valence-electron chi connectivity index (χ4n) is 3.20. The van der Waals surface area contributed by atoms with Crippen molar-refractivity contribution in [2.45, 2.75) is 12.8 Å². The Balaban J connectivity index is 1.45. The Labute approximate surface area is 155 Å². The fourth-order valence-corrected chi connectivity index (χ4v) is 3.20. The molecule has 3 aromatic heterocycles. The zero-order valence-corrected chi connectivity index (χ0v) is 14.9. The van der Waals surface area contributed by atoms with Gasteiger partial charge in [-0.1, -0.05) is 24.3 Å². The number of amides is 1. The van der Waals surface area contributed by atoms with E-state index in [-0.39, 0.29) is 11.5 Å². The first-order chi connectivity index (χ1) is 13.1. The quantitative estimate of drug-likeness (QED) is 0.551. The van der Waals surface area contributed by atoms with E-state index in [9.17, 15) is 9.59 Å². The molecule has 4 rings (SSSR count). The van der Waals surface area contributed by atoms with Gasteiger partial charge < -0.3 is 9.88 Å². The lowest BCUT2D eigenvalue weighted by atomic mass is 10.1. The first-order valence-electron chi connectivity index (χ1n) is 8.81. The van der Waals surface area contributed by atoms with Crippen LogP contribution in [-0.4, -0.2) is 31.6 Å². The van der Waals surface area contributed by atoms with Crippen LogP contribution in [-0.2, 0) is 13.5 Å². The number of para-hydroxylation sites is 1. The van der Waals surface area contributed by atoms with Crippen molar-refractivity contribution in [1.29, 1.82) is 0 Å². The Kier molecular flexibility index (Phi) is 4.42. The Morgan fingerprint density at radius 2 is 1.93 bits per heavy atom. The Hall–Kier alpha value is -3.48. The predicted molar refractivity (Wildman–Crippen MR) is 103 cm³/mol. The molecule has 0 spiro atoms. The van der Waals surface area contributed by atoms with Crippen molar-refractivity contribution < 1.29 is 4.79 Å². The highest BCUT2D eigenvalue weighted by atomic mass is 16.2. The maximum atomic E-state index is 12.6. The van der Waals surface area contributed by atoms with E-state index in [0.717, 1.165) is 28.8 Å². The number of aryl methyl sites for hydroxylation is 2. The molecule has 27 heavy (non-hydrogen) atoms. The van der Waals surface area contributed by atoms with E-state index < -0.39 is 0 Å². The number of fused-ring (bicyclic) bond motifs is 2. The van der Waals surface area contributed by atoms with Crippen molar-refractivity contribution in [2.75, 3.05) is 6.54 Å². The second kappa shape index (κ2) is 7.03. The van der Waals surface area contributed by atoms with Crippen LogP contribution in [0.3, 0.4) is 0 Å². The second-order valence-corrected chi connectivity index (χ2v) is 6.38. The van der Waals surface area contributed by atoms with Gasteiger partial charge in [0.2, 0.25) is 0 Å². The largest absolute Gasteiger partial charge is 0.352 e. The lowest BCUT2D eigenvalue weighted by molar-refractivity contribution is 0.0954. The summed E-state index contributed by atoms with van der Waals surface area (Å²) in [6.45, 7) is 0.490. The van der Waals surface area contributed by atoms with E-state index in [1.165, 1.54) is 6.07 Å². The minimum Gasteiger partial charge on any atom is -0.352 e. The van der Waals surface area contributed by atoms with E-state index >= 15 is 0 Å². The van der Waals surface area contributed by atoms with Gasteiger partial charge in [0.15, 0.2) is 5.65 Å². The molecule has 0 saturated carbocycles. The molecular formula is C20H19N5O2. The number of hydrogen-bond acceptors (Lipinski definition) is 4. The summed E-state index contributed by atoms with van der Waals surface area (Å²) in [6, 6.07) is 14.6.